The highest BCUT2D eigenvalue weighted by Crippen LogP contribution is 2.23. The van der Waals surface area contributed by atoms with E-state index in [1.165, 1.54) is 5.56 Å². The summed E-state index contributed by atoms with van der Waals surface area (Å²) in [7, 11) is 0. The van der Waals surface area contributed by atoms with E-state index in [1.807, 2.05) is 10.9 Å². The summed E-state index contributed by atoms with van der Waals surface area (Å²) >= 11 is 0. The Kier molecular flexibility index (Phi) is 5.50. The Morgan fingerprint density at radius 2 is 1.93 bits per heavy atom. The summed E-state index contributed by atoms with van der Waals surface area (Å²) in [5.41, 5.74) is 4.49. The number of benzene rings is 1. The average molecular weight is 377 g/mol. The van der Waals surface area contributed by atoms with E-state index in [9.17, 15) is 5.11 Å². The molecule has 0 unspecified atom stereocenters. The van der Waals surface area contributed by atoms with E-state index in [-0.39, 0.29) is 12.0 Å². The summed E-state index contributed by atoms with van der Waals surface area (Å²) in [6, 6.07) is 8.55. The van der Waals surface area contributed by atoms with E-state index in [1.54, 1.807) is 18.6 Å². The molecule has 1 fully saturated rings. The fraction of sp³-hybridized carbons (Fsp3) is 0.409. The number of rotatable bonds is 6. The number of aromatic nitrogens is 4. The van der Waals surface area contributed by atoms with Crippen LogP contribution in [-0.4, -0.2) is 48.9 Å². The predicted octanol–water partition coefficient (Wildman–Crippen LogP) is 2.82. The second-order valence-corrected chi connectivity index (χ2v) is 7.96. The monoisotopic (exact) mass is 377 g/mol. The zero-order valence-corrected chi connectivity index (χ0v) is 16.4. The van der Waals surface area contributed by atoms with Crippen LogP contribution in [0.4, 0.5) is 0 Å². The smallest absolute Gasteiger partial charge is 0.0711 e. The van der Waals surface area contributed by atoms with Gasteiger partial charge < -0.3 is 5.11 Å². The van der Waals surface area contributed by atoms with Gasteiger partial charge in [0, 0.05) is 55.9 Å². The fourth-order valence-electron chi connectivity index (χ4n) is 3.83. The van der Waals surface area contributed by atoms with E-state index in [4.69, 9.17) is 0 Å². The van der Waals surface area contributed by atoms with Crippen molar-refractivity contribution in [2.75, 3.05) is 13.1 Å². The molecule has 2 aromatic heterocycles. The van der Waals surface area contributed by atoms with Crippen LogP contribution in [0.1, 0.15) is 36.6 Å². The number of hydrogen-bond acceptors (Lipinski definition) is 5. The minimum atomic E-state index is -0.333. The van der Waals surface area contributed by atoms with Crippen LogP contribution in [0.2, 0.25) is 0 Å². The van der Waals surface area contributed by atoms with Crippen molar-refractivity contribution in [1.29, 1.82) is 0 Å². The molecule has 1 saturated heterocycles. The van der Waals surface area contributed by atoms with Crippen molar-refractivity contribution in [2.24, 2.45) is 5.92 Å². The third kappa shape index (κ3) is 4.29. The van der Waals surface area contributed by atoms with Gasteiger partial charge >= 0.3 is 0 Å². The maximum absolute atomic E-state index is 10.4. The van der Waals surface area contributed by atoms with E-state index in [0.717, 1.165) is 36.5 Å². The van der Waals surface area contributed by atoms with Gasteiger partial charge in [-0.05, 0) is 30.0 Å². The average Bonchev–Trinajstić information content (AvgIpc) is 3.30. The van der Waals surface area contributed by atoms with Crippen molar-refractivity contribution >= 4 is 0 Å². The number of nitrogens with zero attached hydrogens (tertiary/aromatic N) is 5. The van der Waals surface area contributed by atoms with Gasteiger partial charge in [-0.15, -0.1) is 0 Å². The SMILES string of the molecule is CC(C)c1ccc(-n2cc(CN3C[C@@H](Cc4cnccn4)[C@H](O)C3)cn2)cc1. The first-order chi connectivity index (χ1) is 13.6. The normalized spacial score (nSPS) is 20.1. The highest BCUT2D eigenvalue weighted by molar-refractivity contribution is 5.35. The van der Waals surface area contributed by atoms with Crippen molar-refractivity contribution in [3.8, 4) is 5.69 Å². The molecule has 1 N–H and O–H groups in total. The molecule has 0 spiro atoms. The molecule has 1 aliphatic heterocycles. The Labute approximate surface area is 165 Å². The van der Waals surface area contributed by atoms with Gasteiger partial charge in [0.15, 0.2) is 0 Å². The van der Waals surface area contributed by atoms with Crippen LogP contribution in [0.25, 0.3) is 5.69 Å². The minimum absolute atomic E-state index is 0.190. The minimum Gasteiger partial charge on any atom is -0.391 e. The molecule has 4 rings (SSSR count). The largest absolute Gasteiger partial charge is 0.391 e. The molecule has 1 aliphatic rings. The van der Waals surface area contributed by atoms with E-state index < -0.39 is 0 Å². The molecule has 1 aromatic carbocycles. The Hall–Kier alpha value is -2.57. The van der Waals surface area contributed by atoms with Crippen molar-refractivity contribution < 1.29 is 5.11 Å². The highest BCUT2D eigenvalue weighted by Gasteiger charge is 2.31. The Morgan fingerprint density at radius 1 is 1.11 bits per heavy atom. The molecule has 3 aromatic rings. The van der Waals surface area contributed by atoms with E-state index >= 15 is 0 Å². The van der Waals surface area contributed by atoms with Crippen molar-refractivity contribution in [3.63, 3.8) is 0 Å². The van der Waals surface area contributed by atoms with Crippen LogP contribution in [0, 0.1) is 5.92 Å². The lowest BCUT2D eigenvalue weighted by molar-refractivity contribution is 0.140. The van der Waals surface area contributed by atoms with Crippen molar-refractivity contribution in [3.05, 3.63) is 72.1 Å². The Bertz CT molecular complexity index is 891. The third-order valence-electron chi connectivity index (χ3n) is 5.44. The van der Waals surface area contributed by atoms with Gasteiger partial charge in [0.05, 0.1) is 23.7 Å². The second-order valence-electron chi connectivity index (χ2n) is 7.96. The molecule has 0 saturated carbocycles. The van der Waals surface area contributed by atoms with Crippen LogP contribution in [0.3, 0.4) is 0 Å². The fourth-order valence-corrected chi connectivity index (χ4v) is 3.83. The molecular weight excluding hydrogens is 350 g/mol. The zero-order valence-electron chi connectivity index (χ0n) is 16.4. The molecule has 0 bridgehead atoms. The van der Waals surface area contributed by atoms with Crippen LogP contribution in [-0.2, 0) is 13.0 Å². The third-order valence-corrected chi connectivity index (χ3v) is 5.44. The van der Waals surface area contributed by atoms with Crippen molar-refractivity contribution in [2.45, 2.75) is 38.8 Å². The summed E-state index contributed by atoms with van der Waals surface area (Å²) in [5.74, 6) is 0.717. The molecule has 3 heterocycles. The van der Waals surface area contributed by atoms with Gasteiger partial charge in [-0.3, -0.25) is 14.9 Å². The lowest BCUT2D eigenvalue weighted by Gasteiger charge is -2.14. The standard InChI is InChI=1S/C22H27N5O/c1-16(2)18-3-5-21(6-4-18)27-13-17(10-25-27)12-26-14-19(22(28)15-26)9-20-11-23-7-8-24-20/h3-8,10-11,13,16,19,22,28H,9,12,14-15H2,1-2H3/t19-,22-/m1/s1. The number of likely N-dealkylation sites (tertiary alicyclic amines) is 1. The number of β-amino-alcohol motifs (C(OH)–C–C–N with tert-alkyl or cyclic N) is 1. The number of aliphatic hydroxyl groups excluding tert-OH is 1. The van der Waals surface area contributed by atoms with Gasteiger partial charge in [0.25, 0.3) is 0 Å². The van der Waals surface area contributed by atoms with Crippen LogP contribution in [0.5, 0.6) is 0 Å². The maximum atomic E-state index is 10.4. The summed E-state index contributed by atoms with van der Waals surface area (Å²) in [6.45, 7) is 6.72. The summed E-state index contributed by atoms with van der Waals surface area (Å²) in [4.78, 5) is 10.7. The zero-order chi connectivity index (χ0) is 19.5. The van der Waals surface area contributed by atoms with Gasteiger partial charge in [-0.1, -0.05) is 26.0 Å². The quantitative estimate of drug-likeness (QED) is 0.715. The van der Waals surface area contributed by atoms with Gasteiger partial charge in [-0.2, -0.15) is 5.10 Å². The first-order valence-electron chi connectivity index (χ1n) is 9.87. The molecular formula is C22H27N5O. The highest BCUT2D eigenvalue weighted by atomic mass is 16.3. The van der Waals surface area contributed by atoms with E-state index in [0.29, 0.717) is 12.5 Å². The molecule has 2 atom stereocenters. The first-order valence-corrected chi connectivity index (χ1v) is 9.87. The maximum Gasteiger partial charge on any atom is 0.0711 e. The Balaban J connectivity index is 1.37. The molecule has 146 valence electrons. The summed E-state index contributed by atoms with van der Waals surface area (Å²) in [5, 5.41) is 15.0. The Morgan fingerprint density at radius 3 is 2.64 bits per heavy atom. The summed E-state index contributed by atoms with van der Waals surface area (Å²) < 4.78 is 1.92. The number of aliphatic hydroxyl groups is 1. The second kappa shape index (κ2) is 8.20. The first kappa shape index (κ1) is 18.8. The van der Waals surface area contributed by atoms with E-state index in [2.05, 4.69) is 64.3 Å². The lowest BCUT2D eigenvalue weighted by atomic mass is 10.0. The predicted molar refractivity (Wildman–Crippen MR) is 108 cm³/mol. The summed E-state index contributed by atoms with van der Waals surface area (Å²) in [6.07, 6.45) is 9.58. The topological polar surface area (TPSA) is 67.1 Å². The molecule has 0 radical (unpaired) electrons. The molecule has 6 heteroatoms. The van der Waals surface area contributed by atoms with Gasteiger partial charge in [0.2, 0.25) is 0 Å². The number of hydrogen-bond donors (Lipinski definition) is 1. The van der Waals surface area contributed by atoms with Gasteiger partial charge in [0.1, 0.15) is 0 Å². The van der Waals surface area contributed by atoms with Crippen molar-refractivity contribution in [1.82, 2.24) is 24.6 Å². The van der Waals surface area contributed by atoms with Crippen LogP contribution in [0.15, 0.2) is 55.2 Å². The molecule has 6 nitrogen and oxygen atoms in total. The van der Waals surface area contributed by atoms with Crippen LogP contribution >= 0.6 is 0 Å². The molecule has 0 amide bonds. The van der Waals surface area contributed by atoms with Crippen LogP contribution < -0.4 is 0 Å². The molecule has 28 heavy (non-hydrogen) atoms. The molecule has 0 aliphatic carbocycles. The lowest BCUT2D eigenvalue weighted by Crippen LogP contribution is -2.21. The van der Waals surface area contributed by atoms with Gasteiger partial charge in [-0.25, -0.2) is 4.68 Å².